The maximum Gasteiger partial charge on any atom is 0.366 e. The van der Waals surface area contributed by atoms with Crippen molar-refractivity contribution < 1.29 is 23.9 Å². The number of hydrogen-bond acceptors (Lipinski definition) is 5. The lowest BCUT2D eigenvalue weighted by Crippen LogP contribution is -2.34. The van der Waals surface area contributed by atoms with Crippen molar-refractivity contribution in [1.82, 2.24) is 0 Å². The van der Waals surface area contributed by atoms with Crippen molar-refractivity contribution in [3.8, 4) is 0 Å². The average Bonchev–Trinajstić information content (AvgIpc) is 2.26. The Kier molecular flexibility index (Phi) is 7.41. The molecule has 1 unspecified atom stereocenters. The van der Waals surface area contributed by atoms with Crippen LogP contribution < -0.4 is 0 Å². The van der Waals surface area contributed by atoms with Gasteiger partial charge in [-0.2, -0.15) is 0 Å². The summed E-state index contributed by atoms with van der Waals surface area (Å²) in [6.45, 7) is 6.55. The van der Waals surface area contributed by atoms with E-state index >= 15 is 0 Å². The summed E-state index contributed by atoms with van der Waals surface area (Å²) in [6, 6.07) is 0. The van der Waals surface area contributed by atoms with E-state index in [-0.39, 0.29) is 12.0 Å². The van der Waals surface area contributed by atoms with Crippen molar-refractivity contribution in [1.29, 1.82) is 0 Å². The van der Waals surface area contributed by atoms with Gasteiger partial charge in [0.15, 0.2) is 6.10 Å². The maximum absolute atomic E-state index is 11.6. The fraction of sp³-hybridized carbons (Fsp3) is 0.545. The van der Waals surface area contributed by atoms with Gasteiger partial charge in [0.25, 0.3) is 3.79 Å². The number of halogens is 3. The van der Waals surface area contributed by atoms with Gasteiger partial charge >= 0.3 is 17.9 Å². The van der Waals surface area contributed by atoms with E-state index in [0.717, 1.165) is 0 Å². The Balaban J connectivity index is 4.71. The number of alkyl halides is 3. The molecule has 0 fully saturated rings. The van der Waals surface area contributed by atoms with Gasteiger partial charge in [0.1, 0.15) is 0 Å². The molecule has 0 rings (SSSR count). The molecule has 0 amide bonds. The zero-order valence-corrected chi connectivity index (χ0v) is 12.6. The average molecular weight is 332 g/mol. The molecular weight excluding hydrogens is 318 g/mol. The van der Waals surface area contributed by atoms with Crippen LogP contribution >= 0.6 is 34.8 Å². The predicted octanol–water partition coefficient (Wildman–Crippen LogP) is 2.71. The molecule has 5 nitrogen and oxygen atoms in total. The summed E-state index contributed by atoms with van der Waals surface area (Å²) in [6.07, 6.45) is -0.554. The minimum atomic E-state index is -2.37. The van der Waals surface area contributed by atoms with E-state index in [1.807, 2.05) is 0 Å². The summed E-state index contributed by atoms with van der Waals surface area (Å²) in [4.78, 5) is 34.2. The second-order valence-electron chi connectivity index (χ2n) is 3.67. The molecule has 0 saturated heterocycles. The molecule has 0 aromatic rings. The summed E-state index contributed by atoms with van der Waals surface area (Å²) in [5, 5.41) is 0. The van der Waals surface area contributed by atoms with E-state index in [0.29, 0.717) is 6.42 Å². The summed E-state index contributed by atoms with van der Waals surface area (Å²) in [5.74, 6) is -3.21. The minimum absolute atomic E-state index is 0.113. The fourth-order valence-electron chi connectivity index (χ4n) is 0.932. The monoisotopic (exact) mass is 330 g/mol. The first-order valence-corrected chi connectivity index (χ1v) is 6.42. The molecule has 0 aliphatic rings. The van der Waals surface area contributed by atoms with Crippen LogP contribution in [0, 0.1) is 0 Å². The van der Waals surface area contributed by atoms with Crippen LogP contribution in [0.4, 0.5) is 0 Å². The summed E-state index contributed by atoms with van der Waals surface area (Å²) >= 11 is 15.7. The number of rotatable bonds is 5. The molecule has 0 aliphatic heterocycles. The Hall–Kier alpha value is -0.780. The molecule has 0 bridgehead atoms. The van der Waals surface area contributed by atoms with Crippen LogP contribution in [0.5, 0.6) is 0 Å². The smallest absolute Gasteiger partial charge is 0.366 e. The van der Waals surface area contributed by atoms with Crippen LogP contribution in [0.3, 0.4) is 0 Å². The highest BCUT2D eigenvalue weighted by Gasteiger charge is 2.37. The molecule has 0 spiro atoms. The second-order valence-corrected chi connectivity index (χ2v) is 5.95. The largest absolute Gasteiger partial charge is 0.447 e. The first kappa shape index (κ1) is 18.2. The zero-order valence-electron chi connectivity index (χ0n) is 10.4. The molecule has 8 heteroatoms. The molecule has 108 valence electrons. The van der Waals surface area contributed by atoms with Crippen LogP contribution in [-0.2, 0) is 23.9 Å². The van der Waals surface area contributed by atoms with Gasteiger partial charge in [0.05, 0.1) is 0 Å². The molecule has 0 aromatic heterocycles. The molecule has 0 N–H and O–H groups in total. The number of hydrogen-bond donors (Lipinski definition) is 0. The first-order valence-electron chi connectivity index (χ1n) is 5.28. The van der Waals surface area contributed by atoms with E-state index in [1.54, 1.807) is 6.92 Å². The van der Waals surface area contributed by atoms with Gasteiger partial charge in [0.2, 0.25) is 0 Å². The summed E-state index contributed by atoms with van der Waals surface area (Å²) in [5.41, 5.74) is 0.113. The van der Waals surface area contributed by atoms with E-state index in [4.69, 9.17) is 39.5 Å². The molecule has 0 aromatic carbocycles. The SMILES string of the molecule is C=C(C)C(=O)OC(CCC)C(=O)OC(=O)C(Cl)(Cl)Cl. The van der Waals surface area contributed by atoms with E-state index < -0.39 is 27.8 Å². The molecule has 0 saturated carbocycles. The van der Waals surface area contributed by atoms with Crippen molar-refractivity contribution >= 4 is 52.7 Å². The van der Waals surface area contributed by atoms with E-state index in [2.05, 4.69) is 11.3 Å². The van der Waals surface area contributed by atoms with Gasteiger partial charge in [-0.05, 0) is 13.3 Å². The van der Waals surface area contributed by atoms with Gasteiger partial charge in [-0.1, -0.05) is 54.7 Å². The van der Waals surface area contributed by atoms with Gasteiger partial charge in [-0.3, -0.25) is 0 Å². The lowest BCUT2D eigenvalue weighted by atomic mass is 10.2. The van der Waals surface area contributed by atoms with Gasteiger partial charge in [0, 0.05) is 5.57 Å². The lowest BCUT2D eigenvalue weighted by Gasteiger charge is -2.16. The van der Waals surface area contributed by atoms with Crippen LogP contribution in [0.25, 0.3) is 0 Å². The highest BCUT2D eigenvalue weighted by atomic mass is 35.6. The summed E-state index contributed by atoms with van der Waals surface area (Å²) in [7, 11) is 0. The van der Waals surface area contributed by atoms with Crippen molar-refractivity contribution in [2.75, 3.05) is 0 Å². The maximum atomic E-state index is 11.6. The van der Waals surface area contributed by atoms with Crippen molar-refractivity contribution in [2.24, 2.45) is 0 Å². The second kappa shape index (κ2) is 7.72. The highest BCUT2D eigenvalue weighted by Crippen LogP contribution is 2.27. The zero-order chi connectivity index (χ0) is 15.2. The van der Waals surface area contributed by atoms with Crippen LogP contribution in [-0.4, -0.2) is 27.8 Å². The van der Waals surface area contributed by atoms with Crippen molar-refractivity contribution in [3.63, 3.8) is 0 Å². The van der Waals surface area contributed by atoms with E-state index in [9.17, 15) is 14.4 Å². The molecule has 19 heavy (non-hydrogen) atoms. The quantitative estimate of drug-likeness (QED) is 0.335. The number of carbonyl (C=O) groups is 3. The molecular formula is C11H13Cl3O5. The Labute approximate surface area is 125 Å². The van der Waals surface area contributed by atoms with Gasteiger partial charge < -0.3 is 9.47 Å². The fourth-order valence-corrected chi connectivity index (χ4v) is 1.05. The third kappa shape index (κ3) is 6.80. The third-order valence-electron chi connectivity index (χ3n) is 1.84. The van der Waals surface area contributed by atoms with Crippen molar-refractivity contribution in [2.45, 2.75) is 36.6 Å². The minimum Gasteiger partial charge on any atom is -0.447 e. The molecule has 0 aliphatic carbocycles. The Morgan fingerprint density at radius 3 is 2.16 bits per heavy atom. The number of carbonyl (C=O) groups excluding carboxylic acids is 3. The van der Waals surface area contributed by atoms with Crippen molar-refractivity contribution in [3.05, 3.63) is 12.2 Å². The first-order chi connectivity index (χ1) is 8.59. The Bertz CT molecular complexity index is 386. The van der Waals surface area contributed by atoms with Crippen LogP contribution in [0.1, 0.15) is 26.7 Å². The van der Waals surface area contributed by atoms with Crippen LogP contribution in [0.15, 0.2) is 12.2 Å². The topological polar surface area (TPSA) is 69.7 Å². The molecule has 0 heterocycles. The standard InChI is InChI=1S/C11H13Cl3O5/c1-4-5-7(18-8(15)6(2)3)9(16)19-10(17)11(12,13)14/h7H,2,4-5H2,1,3H3. The summed E-state index contributed by atoms with van der Waals surface area (Å²) < 4.78 is 6.79. The Morgan fingerprint density at radius 1 is 1.26 bits per heavy atom. The van der Waals surface area contributed by atoms with Crippen LogP contribution in [0.2, 0.25) is 0 Å². The van der Waals surface area contributed by atoms with E-state index in [1.165, 1.54) is 6.92 Å². The highest BCUT2D eigenvalue weighted by molar-refractivity contribution is 6.75. The normalized spacial score (nSPS) is 12.5. The predicted molar refractivity (Wildman–Crippen MR) is 71.0 cm³/mol. The Morgan fingerprint density at radius 2 is 1.79 bits per heavy atom. The third-order valence-corrected chi connectivity index (χ3v) is 2.30. The van der Waals surface area contributed by atoms with Gasteiger partial charge in [-0.25, -0.2) is 14.4 Å². The number of ether oxygens (including phenoxy) is 2. The van der Waals surface area contributed by atoms with Gasteiger partial charge in [-0.15, -0.1) is 0 Å². The lowest BCUT2D eigenvalue weighted by molar-refractivity contribution is -0.172. The molecule has 1 atom stereocenters. The molecule has 0 radical (unpaired) electrons. The number of esters is 3.